The molecule has 2 aromatic heterocycles. The standard InChI is InChI=1S/C76H95ClF3N11O11Si/c1-18-36-99-45-52-37-54(84-67(92)62(24-21-35-83-72(82)97)85-68(93)66(46(2)3)86-73(98)101-74(6,7)8)27-25-51(52)44-91(14,15)65(100-71(96)76(78,79)80)34-30-56-38-49-22-19-20-23-50(49)43-89(56)69(94)59-33-26-53(77)39-61(59)64-41-60(47(4)88(64)13)70(95)90(63-40-57(42-81)87(12)48(63)5)55-28-31-58(32-29-55)102-103(16,17)75(9,10)11/h1,19-20,22-23,25-29,31-33,37,39-41,46,56,62,65-66H,21,24,30,34-36,38,43-45H2,2-17H3,(H5-,82,83,84,85,86,92,93,97,98)/p+1/t56-,62+,65?,66+/m1/s1. The molecule has 1 unspecified atom stereocenters. The summed E-state index contributed by atoms with van der Waals surface area (Å²) >= 11 is 6.83. The predicted molar refractivity (Wildman–Crippen MR) is 391 cm³/mol. The first-order valence-electron chi connectivity index (χ1n) is 34.0. The lowest BCUT2D eigenvalue weighted by atomic mass is 9.90. The SMILES string of the molecule is C#CCOCc1cc(NC(=O)[C@H](CCCNC(N)=O)NC(=O)[C@@H](NC(=O)OC(C)(C)C)C(C)C)ccc1C[N+](C)(C)C(CC[C@@H]1Cc2ccccc2CN1C(=O)c1ccc(Cl)cc1-c1cc(C(=O)N(c2ccc(O[Si](C)(C)C(C)(C)C)cc2)c2cc(C#N)n(C)c2C)c(C)n1C)OC(=O)C(F)(F)F. The highest BCUT2D eigenvalue weighted by molar-refractivity contribution is 6.74. The summed E-state index contributed by atoms with van der Waals surface area (Å²) in [6, 6.07) is 26.2. The van der Waals surface area contributed by atoms with Crippen LogP contribution >= 0.6 is 11.6 Å². The molecule has 22 nitrogen and oxygen atoms in total. The summed E-state index contributed by atoms with van der Waals surface area (Å²) < 4.78 is 69.8. The number of quaternary nitrogens is 1. The maximum atomic E-state index is 15.8. The molecule has 0 radical (unpaired) electrons. The number of carbonyl (C=O) groups is 7. The van der Waals surface area contributed by atoms with Crippen LogP contribution < -0.4 is 36.3 Å². The van der Waals surface area contributed by atoms with Crippen molar-refractivity contribution < 1.29 is 69.9 Å². The fourth-order valence-electron chi connectivity index (χ4n) is 12.0. The van der Waals surface area contributed by atoms with Crippen LogP contribution in [0.15, 0.2) is 97.1 Å². The molecule has 0 bridgehead atoms. The van der Waals surface area contributed by atoms with Gasteiger partial charge >= 0.3 is 24.3 Å². The van der Waals surface area contributed by atoms with Crippen LogP contribution in [-0.2, 0) is 68.8 Å². The topological polar surface area (TPSA) is 271 Å². The van der Waals surface area contributed by atoms with Crippen molar-refractivity contribution in [3.05, 3.63) is 153 Å². The monoisotopic (exact) mass is 1460 g/mol. The number of aromatic nitrogens is 2. The number of primary amides is 1. The van der Waals surface area contributed by atoms with Gasteiger partial charge in [0.25, 0.3) is 11.8 Å². The normalized spacial score (nSPS) is 14.2. The van der Waals surface area contributed by atoms with Crippen molar-refractivity contribution >= 4 is 78.7 Å². The van der Waals surface area contributed by atoms with Gasteiger partial charge < -0.3 is 59.7 Å². The minimum atomic E-state index is -5.39. The molecule has 7 amide bonds. The second kappa shape index (κ2) is 33.2. The number of ether oxygens (including phenoxy) is 3. The molecule has 1 aliphatic rings. The van der Waals surface area contributed by atoms with E-state index in [1.54, 1.807) is 137 Å². The van der Waals surface area contributed by atoms with Crippen LogP contribution in [0.1, 0.15) is 141 Å². The molecule has 27 heteroatoms. The third kappa shape index (κ3) is 20.4. The molecule has 0 aliphatic carbocycles. The highest BCUT2D eigenvalue weighted by atomic mass is 35.5. The number of alkyl carbamates (subject to hydrolysis) is 1. The molecule has 6 aromatic rings. The number of hydrogen-bond acceptors (Lipinski definition) is 12. The van der Waals surface area contributed by atoms with Crippen LogP contribution in [0.5, 0.6) is 5.75 Å². The van der Waals surface area contributed by atoms with E-state index in [4.69, 9.17) is 42.4 Å². The van der Waals surface area contributed by atoms with Crippen molar-refractivity contribution in [2.45, 2.75) is 175 Å². The quantitative estimate of drug-likeness (QED) is 0.00805. The molecule has 6 N–H and O–H groups in total. The zero-order valence-corrected chi connectivity index (χ0v) is 63.3. The molecule has 0 fully saturated rings. The number of terminal acetylenes is 1. The minimum absolute atomic E-state index is 0.00214. The summed E-state index contributed by atoms with van der Waals surface area (Å²) in [6.07, 6.45) is -1.86. The zero-order valence-electron chi connectivity index (χ0n) is 61.5. The van der Waals surface area contributed by atoms with Crippen molar-refractivity contribution in [1.29, 1.82) is 5.26 Å². The van der Waals surface area contributed by atoms with Gasteiger partial charge in [0.1, 0.15) is 48.3 Å². The number of nitriles is 1. The molecular weight excluding hydrogens is 1360 g/mol. The van der Waals surface area contributed by atoms with E-state index in [1.807, 2.05) is 55.5 Å². The van der Waals surface area contributed by atoms with Crippen LogP contribution in [0.3, 0.4) is 0 Å². The number of amides is 7. The Labute approximate surface area is 607 Å². The number of carbonyl (C=O) groups excluding carboxylic acids is 7. The van der Waals surface area contributed by atoms with E-state index in [2.05, 4.69) is 67.1 Å². The Hall–Kier alpha value is -9.60. The van der Waals surface area contributed by atoms with E-state index in [-0.39, 0.29) is 96.3 Å². The molecule has 1 aliphatic heterocycles. The minimum Gasteiger partial charge on any atom is -0.544 e. The highest BCUT2D eigenvalue weighted by Crippen LogP contribution is 2.41. The molecule has 4 aromatic carbocycles. The second-order valence-electron chi connectivity index (χ2n) is 29.4. The Bertz CT molecular complexity index is 4220. The number of nitrogens with one attached hydrogen (secondary N) is 4. The number of halogens is 4. The van der Waals surface area contributed by atoms with Crippen LogP contribution in [0.2, 0.25) is 23.2 Å². The number of urea groups is 1. The number of fused-ring (bicyclic) bond motifs is 1. The first-order valence-corrected chi connectivity index (χ1v) is 37.3. The number of hydrogen-bond donors (Lipinski definition) is 5. The number of nitrogens with zero attached hydrogens (tertiary/aromatic N) is 6. The van der Waals surface area contributed by atoms with Gasteiger partial charge in [0, 0.05) is 89.8 Å². The molecule has 0 saturated carbocycles. The van der Waals surface area contributed by atoms with E-state index in [0.717, 1.165) is 11.1 Å². The van der Waals surface area contributed by atoms with Gasteiger partial charge in [-0.2, -0.15) is 18.4 Å². The average Bonchev–Trinajstić information content (AvgIpc) is 1.66. The van der Waals surface area contributed by atoms with Gasteiger partial charge in [-0.25, -0.2) is 14.4 Å². The number of esters is 1. The van der Waals surface area contributed by atoms with E-state index in [0.29, 0.717) is 56.6 Å². The smallest absolute Gasteiger partial charge is 0.491 e. The first-order chi connectivity index (χ1) is 48.1. The van der Waals surface area contributed by atoms with E-state index in [9.17, 15) is 42.4 Å². The van der Waals surface area contributed by atoms with Crippen molar-refractivity contribution in [3.63, 3.8) is 0 Å². The van der Waals surface area contributed by atoms with Gasteiger partial charge in [-0.15, -0.1) is 6.42 Å². The van der Waals surface area contributed by atoms with E-state index >= 15 is 9.59 Å². The molecule has 7 rings (SSSR count). The predicted octanol–water partition coefficient (Wildman–Crippen LogP) is 13.2. The third-order valence-electron chi connectivity index (χ3n) is 18.9. The van der Waals surface area contributed by atoms with Gasteiger partial charge in [-0.3, -0.25) is 28.6 Å². The number of rotatable bonds is 27. The largest absolute Gasteiger partial charge is 0.544 e. The summed E-state index contributed by atoms with van der Waals surface area (Å²) in [7, 11) is 4.47. The maximum absolute atomic E-state index is 15.8. The molecule has 3 heterocycles. The summed E-state index contributed by atoms with van der Waals surface area (Å²) in [5.74, 6) is -2.08. The van der Waals surface area contributed by atoms with Crippen LogP contribution in [-0.4, -0.2) is 132 Å². The number of benzene rings is 4. The first kappa shape index (κ1) is 80.7. The lowest BCUT2D eigenvalue weighted by molar-refractivity contribution is -0.947. The average molecular weight is 1460 g/mol. The molecule has 552 valence electrons. The molecule has 4 atom stereocenters. The van der Waals surface area contributed by atoms with Gasteiger partial charge in [-0.05, 0) is 168 Å². The fourth-order valence-corrected chi connectivity index (χ4v) is 13.2. The van der Waals surface area contributed by atoms with Crippen LogP contribution in [0, 0.1) is 43.4 Å². The Morgan fingerprint density at radius 2 is 1.50 bits per heavy atom. The second-order valence-corrected chi connectivity index (χ2v) is 34.6. The molecular formula is C76H96ClF3N11O11Si+. The Morgan fingerprint density at radius 3 is 2.11 bits per heavy atom. The third-order valence-corrected chi connectivity index (χ3v) is 23.5. The number of nitrogens with two attached hydrogens (primary N) is 1. The lowest BCUT2D eigenvalue weighted by Crippen LogP contribution is -2.55. The van der Waals surface area contributed by atoms with Crippen LogP contribution in [0.4, 0.5) is 39.8 Å². The fraction of sp³-hybridized carbons (Fsp3) is 0.447. The Kier molecular flexibility index (Phi) is 26.0. The van der Waals surface area contributed by atoms with Gasteiger partial charge in [-0.1, -0.05) is 82.5 Å². The maximum Gasteiger partial charge on any atom is 0.491 e. The van der Waals surface area contributed by atoms with Crippen LogP contribution in [0.25, 0.3) is 11.3 Å². The molecule has 0 spiro atoms. The summed E-state index contributed by atoms with van der Waals surface area (Å²) in [5, 5.41) is 21.0. The summed E-state index contributed by atoms with van der Waals surface area (Å²) in [4.78, 5) is 100. The Morgan fingerprint density at radius 1 is 0.835 bits per heavy atom. The lowest BCUT2D eigenvalue weighted by Gasteiger charge is -2.41. The van der Waals surface area contributed by atoms with Gasteiger partial charge in [0.2, 0.25) is 26.4 Å². The van der Waals surface area contributed by atoms with E-state index < -0.39 is 92.1 Å². The van der Waals surface area contributed by atoms with Crippen molar-refractivity contribution in [3.8, 4) is 35.4 Å². The molecule has 0 saturated heterocycles. The number of anilines is 3. The highest BCUT2D eigenvalue weighted by Gasteiger charge is 2.47. The van der Waals surface area contributed by atoms with Crippen molar-refractivity contribution in [2.24, 2.45) is 25.7 Å². The van der Waals surface area contributed by atoms with Gasteiger partial charge in [0.15, 0.2) is 0 Å². The van der Waals surface area contributed by atoms with Gasteiger partial charge in [0.05, 0.1) is 32.0 Å². The summed E-state index contributed by atoms with van der Waals surface area (Å²) in [6.45, 7) is 22.5. The van der Waals surface area contributed by atoms with Crippen molar-refractivity contribution in [2.75, 3.05) is 37.5 Å². The zero-order chi connectivity index (χ0) is 76.4. The molecule has 103 heavy (non-hydrogen) atoms. The Balaban J connectivity index is 1.21. The van der Waals surface area contributed by atoms with Crippen molar-refractivity contribution in [1.82, 2.24) is 30.0 Å². The number of alkyl halides is 3. The summed E-state index contributed by atoms with van der Waals surface area (Å²) in [5.41, 5.74) is 11.1. The van der Waals surface area contributed by atoms with E-state index in [1.165, 1.54) is 0 Å².